The quantitative estimate of drug-likeness (QED) is 0.824. The summed E-state index contributed by atoms with van der Waals surface area (Å²) in [6, 6.07) is 0. The predicted molar refractivity (Wildman–Crippen MR) is 63.4 cm³/mol. The Morgan fingerprint density at radius 2 is 2.53 bits per heavy atom. The van der Waals surface area contributed by atoms with E-state index >= 15 is 0 Å². The average Bonchev–Trinajstić information content (AvgIpc) is 2.83. The minimum Gasteiger partial charge on any atom is -0.381 e. The SMILES string of the molecule is O=C(C[C@@H]1CCCOC1)NCCn1ccnc1. The van der Waals surface area contributed by atoms with Crippen LogP contribution in [0.1, 0.15) is 19.3 Å². The first-order valence-electron chi connectivity index (χ1n) is 6.15. The predicted octanol–water partition coefficient (Wildman–Crippen LogP) is 0.816. The van der Waals surface area contributed by atoms with Gasteiger partial charge in [-0.1, -0.05) is 0 Å². The lowest BCUT2D eigenvalue weighted by Gasteiger charge is -2.21. The van der Waals surface area contributed by atoms with E-state index in [0.717, 1.165) is 32.6 Å². The topological polar surface area (TPSA) is 56.1 Å². The fraction of sp³-hybridized carbons (Fsp3) is 0.667. The van der Waals surface area contributed by atoms with Crippen LogP contribution in [0, 0.1) is 5.92 Å². The summed E-state index contributed by atoms with van der Waals surface area (Å²) in [5.41, 5.74) is 0. The maximum Gasteiger partial charge on any atom is 0.220 e. The van der Waals surface area contributed by atoms with Crippen molar-refractivity contribution in [2.24, 2.45) is 5.92 Å². The molecule has 0 spiro atoms. The van der Waals surface area contributed by atoms with Crippen LogP contribution in [-0.2, 0) is 16.1 Å². The van der Waals surface area contributed by atoms with Gasteiger partial charge < -0.3 is 14.6 Å². The van der Waals surface area contributed by atoms with Crippen molar-refractivity contribution in [3.05, 3.63) is 18.7 Å². The summed E-state index contributed by atoms with van der Waals surface area (Å²) in [6.45, 7) is 3.00. The number of imidazole rings is 1. The molecule has 0 radical (unpaired) electrons. The highest BCUT2D eigenvalue weighted by Gasteiger charge is 2.17. The number of rotatable bonds is 5. The van der Waals surface area contributed by atoms with E-state index in [2.05, 4.69) is 10.3 Å². The molecule has 1 aliphatic heterocycles. The van der Waals surface area contributed by atoms with Gasteiger partial charge in [-0.3, -0.25) is 4.79 Å². The molecule has 0 aromatic carbocycles. The van der Waals surface area contributed by atoms with E-state index in [4.69, 9.17) is 4.74 Å². The third-order valence-corrected chi connectivity index (χ3v) is 2.98. The van der Waals surface area contributed by atoms with Crippen molar-refractivity contribution in [3.63, 3.8) is 0 Å². The Balaban J connectivity index is 1.60. The lowest BCUT2D eigenvalue weighted by molar-refractivity contribution is -0.123. The molecule has 1 fully saturated rings. The van der Waals surface area contributed by atoms with E-state index in [9.17, 15) is 4.79 Å². The van der Waals surface area contributed by atoms with Crippen LogP contribution in [0.4, 0.5) is 0 Å². The Morgan fingerprint density at radius 1 is 1.59 bits per heavy atom. The van der Waals surface area contributed by atoms with Gasteiger partial charge in [-0.2, -0.15) is 0 Å². The summed E-state index contributed by atoms with van der Waals surface area (Å²) in [4.78, 5) is 15.6. The summed E-state index contributed by atoms with van der Waals surface area (Å²) >= 11 is 0. The second-order valence-electron chi connectivity index (χ2n) is 4.44. The fourth-order valence-electron chi connectivity index (χ4n) is 2.05. The molecular weight excluding hydrogens is 218 g/mol. The molecule has 94 valence electrons. The summed E-state index contributed by atoms with van der Waals surface area (Å²) in [6.07, 6.45) is 8.15. The monoisotopic (exact) mass is 237 g/mol. The molecular formula is C12H19N3O2. The largest absolute Gasteiger partial charge is 0.381 e. The Labute approximate surface area is 101 Å². The molecule has 1 atom stereocenters. The van der Waals surface area contributed by atoms with E-state index < -0.39 is 0 Å². The standard InChI is InChI=1S/C12H19N3O2/c16-12(8-11-2-1-7-17-9-11)14-4-6-15-5-3-13-10-15/h3,5,10-11H,1-2,4,6-9H2,(H,14,16)/t11-/m0/s1. The van der Waals surface area contributed by atoms with Crippen molar-refractivity contribution in [3.8, 4) is 0 Å². The maximum atomic E-state index is 11.6. The van der Waals surface area contributed by atoms with Crippen LogP contribution in [0.3, 0.4) is 0 Å². The van der Waals surface area contributed by atoms with Gasteiger partial charge in [0.2, 0.25) is 5.91 Å². The van der Waals surface area contributed by atoms with Gasteiger partial charge in [0.05, 0.1) is 6.33 Å². The van der Waals surface area contributed by atoms with Crippen molar-refractivity contribution in [2.45, 2.75) is 25.8 Å². The van der Waals surface area contributed by atoms with Gasteiger partial charge >= 0.3 is 0 Å². The van der Waals surface area contributed by atoms with Crippen molar-refractivity contribution >= 4 is 5.91 Å². The van der Waals surface area contributed by atoms with E-state index in [1.165, 1.54) is 0 Å². The van der Waals surface area contributed by atoms with Gasteiger partial charge in [-0.15, -0.1) is 0 Å². The number of ether oxygens (including phenoxy) is 1. The Kier molecular flexibility index (Phi) is 4.55. The normalized spacial score (nSPS) is 20.1. The Bertz CT molecular complexity index is 332. The highest BCUT2D eigenvalue weighted by atomic mass is 16.5. The minimum atomic E-state index is 0.126. The first-order valence-corrected chi connectivity index (χ1v) is 6.15. The molecule has 0 aliphatic carbocycles. The van der Waals surface area contributed by atoms with E-state index in [0.29, 0.717) is 18.9 Å². The molecule has 1 aromatic rings. The molecule has 1 saturated heterocycles. The van der Waals surface area contributed by atoms with Gasteiger partial charge in [0.15, 0.2) is 0 Å². The molecule has 17 heavy (non-hydrogen) atoms. The summed E-state index contributed by atoms with van der Waals surface area (Å²) < 4.78 is 7.30. The van der Waals surface area contributed by atoms with Crippen LogP contribution in [0.25, 0.3) is 0 Å². The smallest absolute Gasteiger partial charge is 0.220 e. The molecule has 0 saturated carbocycles. The number of hydrogen-bond donors (Lipinski definition) is 1. The second-order valence-corrected chi connectivity index (χ2v) is 4.44. The van der Waals surface area contributed by atoms with Gasteiger partial charge in [0.25, 0.3) is 0 Å². The number of nitrogens with one attached hydrogen (secondary N) is 1. The molecule has 1 aliphatic rings. The third kappa shape index (κ3) is 4.19. The number of hydrogen-bond acceptors (Lipinski definition) is 3. The molecule has 2 heterocycles. The third-order valence-electron chi connectivity index (χ3n) is 2.98. The molecule has 2 rings (SSSR count). The molecule has 1 aromatic heterocycles. The molecule has 1 N–H and O–H groups in total. The number of amides is 1. The lowest BCUT2D eigenvalue weighted by Crippen LogP contribution is -2.30. The van der Waals surface area contributed by atoms with E-state index in [-0.39, 0.29) is 5.91 Å². The second kappa shape index (κ2) is 6.39. The average molecular weight is 237 g/mol. The Hall–Kier alpha value is -1.36. The van der Waals surface area contributed by atoms with E-state index in [1.807, 2.05) is 10.8 Å². The van der Waals surface area contributed by atoms with Crippen LogP contribution < -0.4 is 5.32 Å². The molecule has 5 nitrogen and oxygen atoms in total. The summed E-state index contributed by atoms with van der Waals surface area (Å²) in [7, 11) is 0. The van der Waals surface area contributed by atoms with Crippen LogP contribution in [-0.4, -0.2) is 35.2 Å². The highest BCUT2D eigenvalue weighted by Crippen LogP contribution is 2.16. The van der Waals surface area contributed by atoms with E-state index in [1.54, 1.807) is 12.5 Å². The zero-order chi connectivity index (χ0) is 11.9. The van der Waals surface area contributed by atoms with Gasteiger partial charge in [-0.05, 0) is 18.8 Å². The number of nitrogens with zero attached hydrogens (tertiary/aromatic N) is 2. The van der Waals surface area contributed by atoms with Crippen LogP contribution in [0.5, 0.6) is 0 Å². The minimum absolute atomic E-state index is 0.126. The van der Waals surface area contributed by atoms with Gasteiger partial charge in [0, 0.05) is 45.1 Å². The zero-order valence-corrected chi connectivity index (χ0v) is 9.97. The summed E-state index contributed by atoms with van der Waals surface area (Å²) in [5, 5.41) is 2.93. The maximum absolute atomic E-state index is 11.6. The number of carbonyl (C=O) groups excluding carboxylic acids is 1. The zero-order valence-electron chi connectivity index (χ0n) is 9.97. The van der Waals surface area contributed by atoms with Gasteiger partial charge in [-0.25, -0.2) is 4.98 Å². The van der Waals surface area contributed by atoms with Crippen LogP contribution >= 0.6 is 0 Å². The van der Waals surface area contributed by atoms with Crippen molar-refractivity contribution in [1.29, 1.82) is 0 Å². The first-order chi connectivity index (χ1) is 8.34. The van der Waals surface area contributed by atoms with Crippen molar-refractivity contribution in [1.82, 2.24) is 14.9 Å². The van der Waals surface area contributed by atoms with Crippen LogP contribution in [0.2, 0.25) is 0 Å². The molecule has 5 heteroatoms. The number of carbonyl (C=O) groups is 1. The van der Waals surface area contributed by atoms with Gasteiger partial charge in [0.1, 0.15) is 0 Å². The number of aromatic nitrogens is 2. The molecule has 0 bridgehead atoms. The summed E-state index contributed by atoms with van der Waals surface area (Å²) in [5.74, 6) is 0.526. The van der Waals surface area contributed by atoms with Crippen molar-refractivity contribution in [2.75, 3.05) is 19.8 Å². The Morgan fingerprint density at radius 3 is 3.24 bits per heavy atom. The first kappa shape index (κ1) is 12.1. The van der Waals surface area contributed by atoms with Crippen molar-refractivity contribution < 1.29 is 9.53 Å². The van der Waals surface area contributed by atoms with Crippen LogP contribution in [0.15, 0.2) is 18.7 Å². The highest BCUT2D eigenvalue weighted by molar-refractivity contribution is 5.76. The molecule has 0 unspecified atom stereocenters. The fourth-order valence-corrected chi connectivity index (χ4v) is 2.05. The lowest BCUT2D eigenvalue weighted by atomic mass is 9.98. The molecule has 1 amide bonds.